The van der Waals surface area contributed by atoms with Crippen molar-refractivity contribution in [1.29, 1.82) is 0 Å². The Morgan fingerprint density at radius 3 is 1.73 bits per heavy atom. The van der Waals surface area contributed by atoms with E-state index in [4.69, 9.17) is 22.0 Å². The van der Waals surface area contributed by atoms with Crippen molar-refractivity contribution < 1.29 is 8.83 Å². The zero-order valence-electron chi connectivity index (χ0n) is 46.8. The zero-order chi connectivity index (χ0) is 56.0. The third-order valence-electron chi connectivity index (χ3n) is 20.3. The summed E-state index contributed by atoms with van der Waals surface area (Å²) in [5, 5.41) is 4.61. The minimum Gasteiger partial charge on any atom is -0.456 e. The van der Waals surface area contributed by atoms with E-state index in [1.54, 1.807) is 0 Å². The molecular formula is C82H53NO2. The predicted molar refractivity (Wildman–Crippen MR) is 349 cm³/mol. The molecule has 13 aromatic rings. The summed E-state index contributed by atoms with van der Waals surface area (Å²) in [6.45, 7) is 12.8. The summed E-state index contributed by atoms with van der Waals surface area (Å²) < 4.78 is 13.6. The fraction of sp³-hybridized carbons (Fsp3) is 0.0732. The van der Waals surface area contributed by atoms with Crippen LogP contribution in [0.3, 0.4) is 0 Å². The van der Waals surface area contributed by atoms with Crippen LogP contribution in [0.5, 0.6) is 0 Å². The van der Waals surface area contributed by atoms with Crippen LogP contribution in [0.2, 0.25) is 0 Å². The van der Waals surface area contributed by atoms with Crippen LogP contribution in [0.15, 0.2) is 288 Å². The standard InChI is InChI=1S/C82H53NO2/c1-47(83(51-24-8-5-9-25-51)52-38-39-57-60(43-52)48(2)62-44-63(50-22-6-4-7-23-50)80-79(76(57)62)59-31-15-21-37-74(59)85-80)42-70-49(3)61-45-72-64(46-71(61)82(70)67-34-18-12-28-55(67)56-29-13-19-35-68(56)82)77-69(40-41-75-78(77)58-30-14-20-36-73(58)84-75)81(72)65-32-16-10-26-53(65)54-27-11-17-33-66(54)81/h4-24,26-46,48,51H,1,3,25H2,2H3/b70-42+. The van der Waals surface area contributed by atoms with Gasteiger partial charge in [0.15, 0.2) is 0 Å². The van der Waals surface area contributed by atoms with Gasteiger partial charge in [-0.25, -0.2) is 0 Å². The van der Waals surface area contributed by atoms with Gasteiger partial charge in [0, 0.05) is 44.4 Å². The van der Waals surface area contributed by atoms with E-state index in [1.165, 1.54) is 100.0 Å². The van der Waals surface area contributed by atoms with Gasteiger partial charge in [0.2, 0.25) is 0 Å². The number of anilines is 1. The zero-order valence-corrected chi connectivity index (χ0v) is 46.8. The molecule has 19 rings (SSSR count). The van der Waals surface area contributed by atoms with Gasteiger partial charge < -0.3 is 13.7 Å². The Bertz CT molecular complexity index is 5210. The van der Waals surface area contributed by atoms with E-state index >= 15 is 0 Å². The van der Waals surface area contributed by atoms with E-state index in [2.05, 4.69) is 267 Å². The van der Waals surface area contributed by atoms with Gasteiger partial charge in [-0.05, 0) is 178 Å². The number of furan rings is 2. The molecule has 0 aliphatic heterocycles. The molecule has 6 aliphatic carbocycles. The molecule has 398 valence electrons. The highest BCUT2D eigenvalue weighted by atomic mass is 16.3. The molecule has 0 amide bonds. The molecule has 2 aromatic heterocycles. The van der Waals surface area contributed by atoms with Gasteiger partial charge in [0.25, 0.3) is 0 Å². The second-order valence-corrected chi connectivity index (χ2v) is 24.1. The van der Waals surface area contributed by atoms with Gasteiger partial charge >= 0.3 is 0 Å². The predicted octanol–water partition coefficient (Wildman–Crippen LogP) is 20.8. The van der Waals surface area contributed by atoms with Gasteiger partial charge in [-0.15, -0.1) is 0 Å². The number of hydrogen-bond donors (Lipinski definition) is 0. The lowest BCUT2D eigenvalue weighted by Crippen LogP contribution is -2.33. The second kappa shape index (κ2) is 16.8. The first-order valence-electron chi connectivity index (χ1n) is 29.9. The summed E-state index contributed by atoms with van der Waals surface area (Å²) in [6.07, 6.45) is 12.3. The van der Waals surface area contributed by atoms with Crippen LogP contribution >= 0.6 is 0 Å². The van der Waals surface area contributed by atoms with Gasteiger partial charge in [-0.3, -0.25) is 0 Å². The van der Waals surface area contributed by atoms with Gasteiger partial charge in [-0.1, -0.05) is 220 Å². The third-order valence-corrected chi connectivity index (χ3v) is 20.3. The normalized spacial score (nSPS) is 17.6. The molecule has 0 saturated heterocycles. The first-order valence-corrected chi connectivity index (χ1v) is 29.9. The molecule has 2 spiro atoms. The summed E-state index contributed by atoms with van der Waals surface area (Å²) in [5.41, 5.74) is 31.5. The fourth-order valence-electron chi connectivity index (χ4n) is 17.0. The minimum absolute atomic E-state index is 0.00620. The van der Waals surface area contributed by atoms with E-state index in [9.17, 15) is 0 Å². The molecular weight excluding hydrogens is 1030 g/mol. The van der Waals surface area contributed by atoms with Crippen molar-refractivity contribution >= 4 is 55.1 Å². The van der Waals surface area contributed by atoms with Crippen LogP contribution in [0.25, 0.3) is 105 Å². The highest BCUT2D eigenvalue weighted by molar-refractivity contribution is 6.19. The molecule has 0 saturated carbocycles. The highest BCUT2D eigenvalue weighted by Gasteiger charge is 2.57. The molecule has 0 fully saturated rings. The van der Waals surface area contributed by atoms with Crippen LogP contribution < -0.4 is 4.90 Å². The van der Waals surface area contributed by atoms with Crippen molar-refractivity contribution in [2.75, 3.05) is 4.90 Å². The van der Waals surface area contributed by atoms with Crippen LogP contribution in [0, 0.1) is 0 Å². The largest absolute Gasteiger partial charge is 0.456 e. The molecule has 0 bridgehead atoms. The maximum atomic E-state index is 6.83. The number of hydrogen-bond acceptors (Lipinski definition) is 3. The average molecular weight is 1080 g/mol. The lowest BCUT2D eigenvalue weighted by Gasteiger charge is -2.35. The molecule has 0 N–H and O–H groups in total. The molecule has 6 aliphatic rings. The second-order valence-electron chi connectivity index (χ2n) is 24.1. The SMILES string of the molecule is C=C1/C(=C\C(=C)N(c2ccc3c(c2)C(C)c2cc(-c4ccccc4)c4oc5ccccc5c4c2-3)C2C=CC=CC2)C2(c3cc4c(cc31)C1(c3ccccc3-c3ccccc31)c1ccc3oc5ccccc5c3c1-4)c1ccccc1-c1ccccc12. The number of benzene rings is 11. The Morgan fingerprint density at radius 1 is 0.471 bits per heavy atom. The van der Waals surface area contributed by atoms with E-state index in [-0.39, 0.29) is 12.0 Å². The Hall–Kier alpha value is -10.5. The Labute approximate surface area is 492 Å². The molecule has 0 radical (unpaired) electrons. The molecule has 85 heavy (non-hydrogen) atoms. The lowest BCUT2D eigenvalue weighted by molar-refractivity contribution is 0.668. The van der Waals surface area contributed by atoms with Crippen molar-refractivity contribution in [3.8, 4) is 55.6 Å². The summed E-state index contributed by atoms with van der Waals surface area (Å²) in [5.74, 6) is 0.120. The highest BCUT2D eigenvalue weighted by Crippen LogP contribution is 2.69. The first-order chi connectivity index (χ1) is 41.9. The van der Waals surface area contributed by atoms with Gasteiger partial charge in [0.05, 0.1) is 16.9 Å². The van der Waals surface area contributed by atoms with Crippen molar-refractivity contribution in [1.82, 2.24) is 0 Å². The maximum Gasteiger partial charge on any atom is 0.143 e. The topological polar surface area (TPSA) is 29.5 Å². The third kappa shape index (κ3) is 5.85. The fourth-order valence-corrected chi connectivity index (χ4v) is 17.0. The summed E-state index contributed by atoms with van der Waals surface area (Å²) in [7, 11) is 0. The first kappa shape index (κ1) is 47.1. The lowest BCUT2D eigenvalue weighted by atomic mass is 9.68. The Kier molecular flexibility index (Phi) is 9.32. The molecule has 11 aromatic carbocycles. The summed E-state index contributed by atoms with van der Waals surface area (Å²) >= 11 is 0. The number of allylic oxidation sites excluding steroid dienone is 5. The Balaban J connectivity index is 0.845. The number of para-hydroxylation sites is 2. The number of fused-ring (bicyclic) bond motifs is 28. The monoisotopic (exact) mass is 1080 g/mol. The van der Waals surface area contributed by atoms with Crippen molar-refractivity contribution in [2.45, 2.75) is 36.1 Å². The molecule has 2 heterocycles. The van der Waals surface area contributed by atoms with E-state index in [0.29, 0.717) is 0 Å². The van der Waals surface area contributed by atoms with E-state index < -0.39 is 10.8 Å². The van der Waals surface area contributed by atoms with Crippen LogP contribution in [-0.2, 0) is 10.8 Å². The Morgan fingerprint density at radius 2 is 1.06 bits per heavy atom. The quantitative estimate of drug-likeness (QED) is 0.172. The van der Waals surface area contributed by atoms with Crippen LogP contribution in [0.4, 0.5) is 5.69 Å². The van der Waals surface area contributed by atoms with E-state index in [0.717, 1.165) is 84.1 Å². The molecule has 3 heteroatoms. The van der Waals surface area contributed by atoms with Crippen molar-refractivity contribution in [3.63, 3.8) is 0 Å². The average Bonchev–Trinajstić information content (AvgIpc) is 1.52. The number of nitrogens with zero attached hydrogens (tertiary/aromatic N) is 1. The summed E-state index contributed by atoms with van der Waals surface area (Å²) in [6, 6.07) is 83.6. The van der Waals surface area contributed by atoms with E-state index in [1.807, 2.05) is 0 Å². The van der Waals surface area contributed by atoms with Crippen LogP contribution in [0.1, 0.15) is 74.9 Å². The maximum absolute atomic E-state index is 6.83. The molecule has 3 nitrogen and oxygen atoms in total. The van der Waals surface area contributed by atoms with Gasteiger partial charge in [-0.2, -0.15) is 0 Å². The summed E-state index contributed by atoms with van der Waals surface area (Å²) in [4.78, 5) is 2.50. The van der Waals surface area contributed by atoms with Crippen molar-refractivity contribution in [2.24, 2.45) is 0 Å². The molecule has 2 atom stereocenters. The minimum atomic E-state index is -0.734. The number of rotatable bonds is 5. The molecule has 2 unspecified atom stereocenters. The van der Waals surface area contributed by atoms with Crippen molar-refractivity contribution in [3.05, 3.63) is 335 Å². The smallest absolute Gasteiger partial charge is 0.143 e. The van der Waals surface area contributed by atoms with Crippen LogP contribution in [-0.4, -0.2) is 6.04 Å². The van der Waals surface area contributed by atoms with Gasteiger partial charge in [0.1, 0.15) is 22.3 Å².